The predicted molar refractivity (Wildman–Crippen MR) is 95.7 cm³/mol. The van der Waals surface area contributed by atoms with Crippen molar-refractivity contribution in [3.8, 4) is 5.75 Å². The largest absolute Gasteiger partial charge is 0.487 e. The van der Waals surface area contributed by atoms with Gasteiger partial charge in [-0.3, -0.25) is 4.98 Å². The fourth-order valence-corrected chi connectivity index (χ4v) is 4.56. The monoisotopic (exact) mass is 374 g/mol. The minimum atomic E-state index is -3.65. The Morgan fingerprint density at radius 3 is 2.77 bits per heavy atom. The number of ether oxygens (including phenoxy) is 1. The van der Waals surface area contributed by atoms with Gasteiger partial charge >= 0.3 is 5.69 Å². The van der Waals surface area contributed by atoms with E-state index in [1.165, 1.54) is 16.4 Å². The molecule has 1 fully saturated rings. The van der Waals surface area contributed by atoms with E-state index >= 15 is 0 Å². The molecule has 9 heteroatoms. The number of hydrogen-bond acceptors (Lipinski definition) is 5. The highest BCUT2D eigenvalue weighted by Gasteiger charge is 2.33. The lowest BCUT2D eigenvalue weighted by Crippen LogP contribution is -2.31. The third-order valence-corrected chi connectivity index (χ3v) is 6.28. The Balaban J connectivity index is 1.52. The van der Waals surface area contributed by atoms with Crippen molar-refractivity contribution >= 4 is 21.1 Å². The Bertz CT molecular complexity index is 1100. The Labute approximate surface area is 149 Å². The molecule has 136 valence electrons. The van der Waals surface area contributed by atoms with Crippen molar-refractivity contribution in [3.05, 3.63) is 52.7 Å². The number of hydrogen-bond donors (Lipinski definition) is 2. The van der Waals surface area contributed by atoms with Crippen LogP contribution in [0.5, 0.6) is 5.75 Å². The molecule has 0 spiro atoms. The van der Waals surface area contributed by atoms with E-state index in [4.69, 9.17) is 4.74 Å². The average Bonchev–Trinajstić information content (AvgIpc) is 3.22. The number of pyridine rings is 1. The van der Waals surface area contributed by atoms with Gasteiger partial charge in [-0.25, -0.2) is 13.2 Å². The fourth-order valence-electron chi connectivity index (χ4n) is 3.05. The highest BCUT2D eigenvalue weighted by atomic mass is 32.2. The Morgan fingerprint density at radius 2 is 2.00 bits per heavy atom. The van der Waals surface area contributed by atoms with Gasteiger partial charge in [-0.1, -0.05) is 0 Å². The van der Waals surface area contributed by atoms with Crippen molar-refractivity contribution in [1.82, 2.24) is 19.3 Å². The molecule has 3 aromatic rings. The van der Waals surface area contributed by atoms with Crippen LogP contribution in [0, 0.1) is 6.92 Å². The number of nitrogens with zero attached hydrogens (tertiary/aromatic N) is 2. The summed E-state index contributed by atoms with van der Waals surface area (Å²) in [6.07, 6.45) is 2.03. The number of imidazole rings is 1. The van der Waals surface area contributed by atoms with E-state index in [0.717, 1.165) is 5.69 Å². The molecule has 26 heavy (non-hydrogen) atoms. The highest BCUT2D eigenvalue weighted by Crippen LogP contribution is 2.25. The number of nitrogens with one attached hydrogen (secondary N) is 2. The summed E-state index contributed by atoms with van der Waals surface area (Å²) in [5.41, 5.74) is 1.57. The fraction of sp³-hybridized carbons (Fsp3) is 0.294. The third-order valence-electron chi connectivity index (χ3n) is 4.42. The zero-order valence-corrected chi connectivity index (χ0v) is 14.9. The first kappa shape index (κ1) is 16.8. The summed E-state index contributed by atoms with van der Waals surface area (Å²) in [6, 6.07) is 8.24. The number of benzene rings is 1. The van der Waals surface area contributed by atoms with Crippen molar-refractivity contribution in [2.45, 2.75) is 24.3 Å². The van der Waals surface area contributed by atoms with Gasteiger partial charge in [-0.15, -0.1) is 0 Å². The van der Waals surface area contributed by atoms with Crippen LogP contribution in [0.25, 0.3) is 11.0 Å². The van der Waals surface area contributed by atoms with E-state index in [1.807, 2.05) is 19.1 Å². The summed E-state index contributed by atoms with van der Waals surface area (Å²) in [4.78, 5) is 20.9. The number of sulfonamides is 1. The molecule has 0 radical (unpaired) electrons. The first-order valence-electron chi connectivity index (χ1n) is 8.23. The summed E-state index contributed by atoms with van der Waals surface area (Å²) in [5.74, 6) is 0.631. The van der Waals surface area contributed by atoms with Crippen LogP contribution >= 0.6 is 0 Å². The quantitative estimate of drug-likeness (QED) is 0.718. The van der Waals surface area contributed by atoms with Crippen LogP contribution < -0.4 is 10.4 Å². The lowest BCUT2D eigenvalue weighted by atomic mass is 10.3. The Hall–Kier alpha value is -2.65. The molecule has 0 aliphatic carbocycles. The van der Waals surface area contributed by atoms with Crippen molar-refractivity contribution in [1.29, 1.82) is 0 Å². The van der Waals surface area contributed by atoms with Gasteiger partial charge in [0.05, 0.1) is 28.7 Å². The second-order valence-corrected chi connectivity index (χ2v) is 8.25. The van der Waals surface area contributed by atoms with Crippen molar-refractivity contribution in [2.75, 3.05) is 13.1 Å². The van der Waals surface area contributed by atoms with E-state index in [2.05, 4.69) is 15.0 Å². The molecule has 1 aliphatic rings. The van der Waals surface area contributed by atoms with Crippen LogP contribution in [-0.2, 0) is 10.0 Å². The molecule has 4 rings (SSSR count). The van der Waals surface area contributed by atoms with Crippen molar-refractivity contribution in [3.63, 3.8) is 0 Å². The van der Waals surface area contributed by atoms with Gasteiger partial charge < -0.3 is 14.7 Å². The number of rotatable bonds is 4. The maximum absolute atomic E-state index is 12.9. The van der Waals surface area contributed by atoms with Crippen molar-refractivity contribution in [2.24, 2.45) is 0 Å². The van der Waals surface area contributed by atoms with Crippen LogP contribution in [0.15, 0.2) is 46.2 Å². The molecule has 8 nitrogen and oxygen atoms in total. The third kappa shape index (κ3) is 3.11. The number of fused-ring (bicyclic) bond motifs is 1. The number of aromatic amines is 2. The minimum absolute atomic E-state index is 0.151. The molecule has 1 atom stereocenters. The smallest absolute Gasteiger partial charge is 0.323 e. The van der Waals surface area contributed by atoms with Crippen LogP contribution in [0.4, 0.5) is 0 Å². The van der Waals surface area contributed by atoms with Gasteiger partial charge in [0.2, 0.25) is 10.0 Å². The van der Waals surface area contributed by atoms with Crippen LogP contribution in [0.1, 0.15) is 12.1 Å². The SMILES string of the molecule is Cc1ccc(OC2CCN(S(=O)(=O)c3ccc4[nH]c(=O)[nH]c4c3)C2)cn1. The maximum Gasteiger partial charge on any atom is 0.323 e. The molecule has 1 saturated heterocycles. The second kappa shape index (κ2) is 6.26. The normalized spacial score (nSPS) is 18.4. The van der Waals surface area contributed by atoms with Crippen LogP contribution in [0.3, 0.4) is 0 Å². The molecule has 0 saturated carbocycles. The first-order chi connectivity index (χ1) is 12.4. The van der Waals surface area contributed by atoms with E-state index in [0.29, 0.717) is 29.7 Å². The predicted octanol–water partition coefficient (Wildman–Crippen LogP) is 1.40. The Morgan fingerprint density at radius 1 is 1.19 bits per heavy atom. The Kier molecular flexibility index (Phi) is 4.04. The van der Waals surface area contributed by atoms with E-state index in [1.54, 1.807) is 12.3 Å². The maximum atomic E-state index is 12.9. The minimum Gasteiger partial charge on any atom is -0.487 e. The van der Waals surface area contributed by atoms with E-state index < -0.39 is 10.0 Å². The van der Waals surface area contributed by atoms with E-state index in [9.17, 15) is 13.2 Å². The topological polar surface area (TPSA) is 108 Å². The first-order valence-corrected chi connectivity index (χ1v) is 9.67. The molecule has 1 aromatic carbocycles. The van der Waals surface area contributed by atoms with Crippen LogP contribution in [0.2, 0.25) is 0 Å². The summed E-state index contributed by atoms with van der Waals surface area (Å²) >= 11 is 0. The molecule has 0 bridgehead atoms. The van der Waals surface area contributed by atoms with Gasteiger partial charge in [-0.05, 0) is 43.7 Å². The van der Waals surface area contributed by atoms with Gasteiger partial charge in [0.1, 0.15) is 11.9 Å². The number of aromatic nitrogens is 3. The summed E-state index contributed by atoms with van der Waals surface area (Å²) < 4.78 is 33.0. The van der Waals surface area contributed by atoms with Gasteiger partial charge in [0.15, 0.2) is 0 Å². The van der Waals surface area contributed by atoms with Crippen LogP contribution in [-0.4, -0.2) is 46.9 Å². The molecule has 0 amide bonds. The summed E-state index contributed by atoms with van der Waals surface area (Å²) in [5, 5.41) is 0. The van der Waals surface area contributed by atoms with Gasteiger partial charge in [0, 0.05) is 12.2 Å². The second-order valence-electron chi connectivity index (χ2n) is 6.31. The molecular formula is C17H18N4O4S. The lowest BCUT2D eigenvalue weighted by Gasteiger charge is -2.17. The molecule has 2 N–H and O–H groups in total. The number of aryl methyl sites for hydroxylation is 1. The lowest BCUT2D eigenvalue weighted by molar-refractivity contribution is 0.214. The molecule has 1 aliphatic heterocycles. The zero-order valence-electron chi connectivity index (χ0n) is 14.1. The van der Waals surface area contributed by atoms with Gasteiger partial charge in [-0.2, -0.15) is 4.31 Å². The van der Waals surface area contributed by atoms with Crippen molar-refractivity contribution < 1.29 is 13.2 Å². The van der Waals surface area contributed by atoms with E-state index in [-0.39, 0.29) is 23.2 Å². The molecular weight excluding hydrogens is 356 g/mol. The molecule has 2 aromatic heterocycles. The zero-order chi connectivity index (χ0) is 18.3. The van der Waals surface area contributed by atoms with Gasteiger partial charge in [0.25, 0.3) is 0 Å². The standard InChI is InChI=1S/C17H18N4O4S/c1-11-2-3-12(9-18-11)25-13-6-7-21(10-13)26(23,24)14-4-5-15-16(8-14)20-17(22)19-15/h2-5,8-9,13H,6-7,10H2,1H3,(H2,19,20,22). The average molecular weight is 374 g/mol. The molecule has 1 unspecified atom stereocenters. The molecule has 3 heterocycles. The highest BCUT2D eigenvalue weighted by molar-refractivity contribution is 7.89. The summed E-state index contributed by atoms with van der Waals surface area (Å²) in [7, 11) is -3.65. The number of H-pyrrole nitrogens is 2. The summed E-state index contributed by atoms with van der Waals surface area (Å²) in [6.45, 7) is 2.55.